The lowest BCUT2D eigenvalue weighted by Crippen LogP contribution is -2.39. The van der Waals surface area contributed by atoms with Crippen LogP contribution in [0.4, 0.5) is 13.2 Å². The van der Waals surface area contributed by atoms with Crippen molar-refractivity contribution in [2.75, 3.05) is 6.54 Å². The number of hydrogen-bond donors (Lipinski definition) is 2. The van der Waals surface area contributed by atoms with Gasteiger partial charge in [0.05, 0.1) is 12.6 Å². The normalized spacial score (nSPS) is 14.4. The number of rotatable bonds is 6. The van der Waals surface area contributed by atoms with Gasteiger partial charge in [-0.05, 0) is 54.0 Å². The second-order valence-electron chi connectivity index (χ2n) is 6.58. The molecule has 2 N–H and O–H groups in total. The molecule has 0 aliphatic heterocycles. The molecule has 2 amide bonds. The number of allylic oxidation sites excluding steroid dienone is 2. The van der Waals surface area contributed by atoms with Crippen molar-refractivity contribution in [3.05, 3.63) is 94.8 Å². The Bertz CT molecular complexity index is 986. The zero-order valence-electron chi connectivity index (χ0n) is 15.4. The van der Waals surface area contributed by atoms with E-state index in [0.29, 0.717) is 17.6 Å². The molecule has 0 heterocycles. The number of carbonyl (C=O) groups is 2. The molecule has 29 heavy (non-hydrogen) atoms. The van der Waals surface area contributed by atoms with Crippen molar-refractivity contribution in [1.82, 2.24) is 10.6 Å². The van der Waals surface area contributed by atoms with Crippen molar-refractivity contribution >= 4 is 11.8 Å². The van der Waals surface area contributed by atoms with E-state index >= 15 is 0 Å². The lowest BCUT2D eigenvalue weighted by molar-refractivity contribution is -0.120. The summed E-state index contributed by atoms with van der Waals surface area (Å²) in [4.78, 5) is 24.5. The summed E-state index contributed by atoms with van der Waals surface area (Å²) in [6.07, 6.45) is 3.85. The molecule has 0 aromatic heterocycles. The first-order valence-corrected chi connectivity index (χ1v) is 9.07. The minimum atomic E-state index is -0.768. The quantitative estimate of drug-likeness (QED) is 0.766. The average molecular weight is 400 g/mol. The van der Waals surface area contributed by atoms with Gasteiger partial charge in [-0.1, -0.05) is 24.3 Å². The van der Waals surface area contributed by atoms with E-state index in [4.69, 9.17) is 0 Å². The first-order valence-electron chi connectivity index (χ1n) is 9.07. The lowest BCUT2D eigenvalue weighted by Gasteiger charge is -2.23. The van der Waals surface area contributed by atoms with E-state index in [1.165, 1.54) is 42.5 Å². The second-order valence-corrected chi connectivity index (χ2v) is 6.58. The number of halogens is 3. The molecule has 0 saturated carbocycles. The summed E-state index contributed by atoms with van der Waals surface area (Å²) in [7, 11) is 0. The maximum atomic E-state index is 13.7. The number of benzene rings is 2. The third kappa shape index (κ3) is 5.57. The van der Waals surface area contributed by atoms with Crippen LogP contribution in [0.1, 0.15) is 34.8 Å². The van der Waals surface area contributed by atoms with Crippen LogP contribution in [-0.4, -0.2) is 18.4 Å². The zero-order chi connectivity index (χ0) is 20.8. The largest absolute Gasteiger partial charge is 0.344 e. The Morgan fingerprint density at radius 3 is 2.41 bits per heavy atom. The lowest BCUT2D eigenvalue weighted by atomic mass is 9.93. The molecule has 1 aliphatic carbocycles. The van der Waals surface area contributed by atoms with Gasteiger partial charge in [0.15, 0.2) is 0 Å². The Hall–Kier alpha value is -3.35. The summed E-state index contributed by atoms with van der Waals surface area (Å²) in [6, 6.07) is 9.97. The van der Waals surface area contributed by atoms with Gasteiger partial charge in [-0.25, -0.2) is 13.2 Å². The highest BCUT2D eigenvalue weighted by atomic mass is 19.1. The highest BCUT2D eigenvalue weighted by molar-refractivity contribution is 5.96. The molecule has 0 spiro atoms. The van der Waals surface area contributed by atoms with Crippen LogP contribution >= 0.6 is 0 Å². The molecular formula is C22H19F3N2O2. The summed E-state index contributed by atoms with van der Waals surface area (Å²) in [6.45, 7) is -0.374. The Labute approximate surface area is 166 Å². The van der Waals surface area contributed by atoms with Crippen molar-refractivity contribution < 1.29 is 22.8 Å². The zero-order valence-corrected chi connectivity index (χ0v) is 15.4. The summed E-state index contributed by atoms with van der Waals surface area (Å²) in [5.74, 6) is -2.53. The Morgan fingerprint density at radius 1 is 1.00 bits per heavy atom. The van der Waals surface area contributed by atoms with Crippen LogP contribution in [0.15, 0.2) is 72.1 Å². The predicted octanol–water partition coefficient (Wildman–Crippen LogP) is 4.13. The van der Waals surface area contributed by atoms with E-state index in [9.17, 15) is 22.8 Å². The Balaban J connectivity index is 1.71. The number of nitrogens with one attached hydrogen (secondary N) is 2. The fourth-order valence-corrected chi connectivity index (χ4v) is 3.04. The summed E-state index contributed by atoms with van der Waals surface area (Å²) in [5, 5.41) is 5.10. The van der Waals surface area contributed by atoms with E-state index in [1.807, 2.05) is 0 Å². The van der Waals surface area contributed by atoms with Gasteiger partial charge in [-0.15, -0.1) is 0 Å². The molecule has 7 heteroatoms. The molecule has 0 bridgehead atoms. The topological polar surface area (TPSA) is 58.2 Å². The van der Waals surface area contributed by atoms with Gasteiger partial charge in [-0.3, -0.25) is 9.59 Å². The first kappa shape index (κ1) is 20.4. The van der Waals surface area contributed by atoms with Gasteiger partial charge in [0.1, 0.15) is 17.5 Å². The van der Waals surface area contributed by atoms with Crippen LogP contribution in [0, 0.1) is 11.6 Å². The van der Waals surface area contributed by atoms with Crippen molar-refractivity contribution in [3.63, 3.8) is 0 Å². The molecule has 2 aromatic carbocycles. The van der Waals surface area contributed by atoms with Gasteiger partial charge >= 0.3 is 0 Å². The van der Waals surface area contributed by atoms with E-state index in [1.54, 1.807) is 12.1 Å². The molecule has 0 saturated heterocycles. The smallest absolute Gasteiger partial charge is 0.251 e. The standard InChI is InChI=1S/C22H19F3N2O2/c23-17-7-1-4-14(10-17)21(15-5-2-8-18(24)11-15)27-20(28)13-26-22(29)16-6-3-9-19(25)12-16/h1,3-7,9-12,21H,2,8,13H2,(H,26,29)(H,27,28). The highest BCUT2D eigenvalue weighted by Crippen LogP contribution is 2.29. The fraction of sp³-hybridized carbons (Fsp3) is 0.182. The molecule has 0 fully saturated rings. The van der Waals surface area contributed by atoms with Crippen LogP contribution in [0.2, 0.25) is 0 Å². The average Bonchev–Trinajstić information content (AvgIpc) is 2.70. The molecule has 150 valence electrons. The molecular weight excluding hydrogens is 381 g/mol. The minimum absolute atomic E-state index is 0.0828. The molecule has 1 unspecified atom stereocenters. The molecule has 0 radical (unpaired) electrons. The molecule has 4 nitrogen and oxygen atoms in total. The van der Waals surface area contributed by atoms with Gasteiger partial charge in [-0.2, -0.15) is 0 Å². The Kier molecular flexibility index (Phi) is 6.49. The second kappa shape index (κ2) is 9.23. The van der Waals surface area contributed by atoms with Gasteiger partial charge in [0.25, 0.3) is 5.91 Å². The van der Waals surface area contributed by atoms with Crippen LogP contribution in [0.5, 0.6) is 0 Å². The van der Waals surface area contributed by atoms with Crippen LogP contribution < -0.4 is 10.6 Å². The summed E-state index contributed by atoms with van der Waals surface area (Å²) in [5.41, 5.74) is 1.04. The fourth-order valence-electron chi connectivity index (χ4n) is 3.04. The van der Waals surface area contributed by atoms with Crippen molar-refractivity contribution in [3.8, 4) is 0 Å². The number of amides is 2. The maximum absolute atomic E-state index is 13.7. The first-order chi connectivity index (χ1) is 13.9. The van der Waals surface area contributed by atoms with Crippen LogP contribution in [0.25, 0.3) is 0 Å². The highest BCUT2D eigenvalue weighted by Gasteiger charge is 2.21. The van der Waals surface area contributed by atoms with Crippen molar-refractivity contribution in [2.24, 2.45) is 0 Å². The van der Waals surface area contributed by atoms with E-state index in [-0.39, 0.29) is 24.4 Å². The summed E-state index contributed by atoms with van der Waals surface area (Å²) < 4.78 is 40.6. The van der Waals surface area contributed by atoms with Gasteiger partial charge in [0, 0.05) is 12.0 Å². The van der Waals surface area contributed by atoms with Crippen LogP contribution in [-0.2, 0) is 4.79 Å². The van der Waals surface area contributed by atoms with E-state index < -0.39 is 29.5 Å². The van der Waals surface area contributed by atoms with Gasteiger partial charge < -0.3 is 10.6 Å². The van der Waals surface area contributed by atoms with Crippen molar-refractivity contribution in [1.29, 1.82) is 0 Å². The molecule has 3 rings (SSSR count). The van der Waals surface area contributed by atoms with E-state index in [2.05, 4.69) is 10.6 Å². The van der Waals surface area contributed by atoms with E-state index in [0.717, 1.165) is 6.07 Å². The summed E-state index contributed by atoms with van der Waals surface area (Å²) >= 11 is 0. The molecule has 2 aromatic rings. The number of carbonyl (C=O) groups excluding carboxylic acids is 2. The van der Waals surface area contributed by atoms with Crippen LogP contribution in [0.3, 0.4) is 0 Å². The minimum Gasteiger partial charge on any atom is -0.344 e. The third-order valence-corrected chi connectivity index (χ3v) is 4.40. The van der Waals surface area contributed by atoms with Crippen molar-refractivity contribution in [2.45, 2.75) is 18.9 Å². The Morgan fingerprint density at radius 2 is 1.72 bits per heavy atom. The molecule has 1 atom stereocenters. The monoisotopic (exact) mass is 400 g/mol. The SMILES string of the molecule is O=C(CNC(=O)c1cccc(F)c1)NC(C1=CCCC(F)=C1)c1cccc(F)c1. The molecule has 1 aliphatic rings. The van der Waals surface area contributed by atoms with Gasteiger partial charge in [0.2, 0.25) is 5.91 Å². The third-order valence-electron chi connectivity index (χ3n) is 4.40. The maximum Gasteiger partial charge on any atom is 0.251 e. The predicted molar refractivity (Wildman–Crippen MR) is 103 cm³/mol. The number of hydrogen-bond acceptors (Lipinski definition) is 2.